The van der Waals surface area contributed by atoms with E-state index >= 15 is 0 Å². The van der Waals surface area contributed by atoms with Crippen molar-refractivity contribution in [2.24, 2.45) is 0 Å². The highest BCUT2D eigenvalue weighted by molar-refractivity contribution is 7.79. The van der Waals surface area contributed by atoms with Crippen molar-refractivity contribution in [3.05, 3.63) is 0 Å². The standard InChI is InChI=1S/2C16H36N.CHF3.H2O4S/c2*1-5-9-13-17(14-10-6-2,15-11-7-3)16-12-8-4;2-1(3)4;1-5(2,3)4/h2*5-16H2,1-4H3;1H;(H2,1,2,3,4)/q2*+1;;/p-2. The van der Waals surface area contributed by atoms with Gasteiger partial charge in [-0.2, -0.15) is 13.2 Å². The zero-order valence-corrected chi connectivity index (χ0v) is 30.4. The summed E-state index contributed by atoms with van der Waals surface area (Å²) in [5, 5.41) is 0. The Hall–Kier alpha value is -0.420. The number of halogens is 3. The maximum atomic E-state index is 9.67. The van der Waals surface area contributed by atoms with Crippen LogP contribution in [0.5, 0.6) is 0 Å². The maximum Gasteiger partial charge on any atom is 0.379 e. The van der Waals surface area contributed by atoms with E-state index in [1.54, 1.807) is 0 Å². The van der Waals surface area contributed by atoms with Gasteiger partial charge >= 0.3 is 6.68 Å². The largest absolute Gasteiger partial charge is 0.759 e. The van der Waals surface area contributed by atoms with Gasteiger partial charge in [0.05, 0.1) is 52.4 Å². The number of nitrogens with zero attached hydrogens (tertiary/aromatic N) is 2. The molecule has 0 N–H and O–H groups in total. The van der Waals surface area contributed by atoms with Crippen LogP contribution in [-0.2, 0) is 10.4 Å². The van der Waals surface area contributed by atoms with Crippen LogP contribution >= 0.6 is 0 Å². The quantitative estimate of drug-likeness (QED) is 0.0592. The monoisotopic (exact) mass is 651 g/mol. The lowest BCUT2D eigenvalue weighted by molar-refractivity contribution is -0.929. The molecule has 0 radical (unpaired) electrons. The number of hydrogen-bond acceptors (Lipinski definition) is 4. The molecule has 0 bridgehead atoms. The third kappa shape index (κ3) is 41.6. The maximum absolute atomic E-state index is 9.67. The van der Waals surface area contributed by atoms with E-state index in [9.17, 15) is 13.2 Å². The first-order chi connectivity index (χ1) is 20.2. The van der Waals surface area contributed by atoms with Gasteiger partial charge in [0.15, 0.2) is 0 Å². The summed E-state index contributed by atoms with van der Waals surface area (Å²) >= 11 is 0. The van der Waals surface area contributed by atoms with Crippen molar-refractivity contribution in [2.45, 2.75) is 165 Å². The third-order valence-corrected chi connectivity index (χ3v) is 7.89. The fraction of sp³-hybridized carbons (Fsp3) is 1.00. The van der Waals surface area contributed by atoms with Gasteiger partial charge in [0.2, 0.25) is 0 Å². The van der Waals surface area contributed by atoms with Crippen LogP contribution in [0.25, 0.3) is 0 Å². The second-order valence-electron chi connectivity index (χ2n) is 12.0. The minimum Gasteiger partial charge on any atom is -0.759 e. The predicted molar refractivity (Wildman–Crippen MR) is 176 cm³/mol. The Morgan fingerprint density at radius 2 is 0.512 bits per heavy atom. The molecule has 0 saturated heterocycles. The van der Waals surface area contributed by atoms with Crippen LogP contribution in [0, 0.1) is 0 Å². The van der Waals surface area contributed by atoms with Gasteiger partial charge in [-0.25, -0.2) is 0 Å². The molecule has 0 aromatic rings. The minimum absolute atomic E-state index is 1.35. The molecule has 0 aromatic carbocycles. The van der Waals surface area contributed by atoms with Gasteiger partial charge in [0, 0.05) is 10.4 Å². The first-order valence-electron chi connectivity index (χ1n) is 17.5. The molecule has 0 atom stereocenters. The zero-order valence-electron chi connectivity index (χ0n) is 29.6. The van der Waals surface area contributed by atoms with Crippen LogP contribution < -0.4 is 0 Å². The molecule has 0 aliphatic heterocycles. The SMILES string of the molecule is CCCC[N+](CCCC)(CCCC)CCCC.CCCC[N+](CCCC)(CCCC)CCCC.FC(F)F.O=S(=O)([O-])[O-]. The van der Waals surface area contributed by atoms with Crippen LogP contribution in [0.4, 0.5) is 13.2 Å². The second-order valence-corrected chi connectivity index (χ2v) is 12.8. The Labute approximate surface area is 267 Å². The van der Waals surface area contributed by atoms with E-state index in [2.05, 4.69) is 55.4 Å². The molecule has 0 saturated carbocycles. The molecule has 0 amide bonds. The molecule has 0 heterocycles. The van der Waals surface area contributed by atoms with Crippen molar-refractivity contribution >= 4 is 10.4 Å². The average molecular weight is 651 g/mol. The van der Waals surface area contributed by atoms with Crippen molar-refractivity contribution in [3.8, 4) is 0 Å². The summed E-state index contributed by atoms with van der Waals surface area (Å²) < 4.78 is 65.9. The normalized spacial score (nSPS) is 11.7. The Kier molecular flexibility index (Phi) is 39.6. The molecular weight excluding hydrogens is 577 g/mol. The van der Waals surface area contributed by atoms with Crippen LogP contribution in [0.1, 0.15) is 158 Å². The molecule has 266 valence electrons. The van der Waals surface area contributed by atoms with Gasteiger partial charge in [0.25, 0.3) is 0 Å². The van der Waals surface area contributed by atoms with E-state index in [1.165, 1.54) is 164 Å². The first-order valence-corrected chi connectivity index (χ1v) is 18.8. The number of hydrogen-bond donors (Lipinski definition) is 0. The lowest BCUT2D eigenvalue weighted by atomic mass is 10.1. The molecule has 0 unspecified atom stereocenters. The summed E-state index contributed by atoms with van der Waals surface area (Å²) in [7, 11) is -5.17. The summed E-state index contributed by atoms with van der Waals surface area (Å²) in [6.07, 6.45) is 22.1. The summed E-state index contributed by atoms with van der Waals surface area (Å²) in [5.41, 5.74) is 0. The van der Waals surface area contributed by atoms with E-state index < -0.39 is 17.1 Å². The molecule has 0 spiro atoms. The van der Waals surface area contributed by atoms with Crippen LogP contribution in [-0.4, -0.2) is 85.5 Å². The van der Waals surface area contributed by atoms with E-state index in [0.717, 1.165) is 0 Å². The molecule has 0 aliphatic rings. The lowest BCUT2D eigenvalue weighted by Crippen LogP contribution is -2.50. The van der Waals surface area contributed by atoms with E-state index in [1.807, 2.05) is 0 Å². The lowest BCUT2D eigenvalue weighted by Gasteiger charge is -2.39. The van der Waals surface area contributed by atoms with Crippen molar-refractivity contribution in [2.75, 3.05) is 52.4 Å². The summed E-state index contributed by atoms with van der Waals surface area (Å²) in [6.45, 7) is 26.4. The second kappa shape index (κ2) is 34.5. The van der Waals surface area contributed by atoms with E-state index in [-0.39, 0.29) is 0 Å². The van der Waals surface area contributed by atoms with Crippen molar-refractivity contribution < 1.29 is 39.7 Å². The molecular formula is C33H73F3N2O4S. The number of unbranched alkanes of at least 4 members (excludes halogenated alkanes) is 8. The summed E-state index contributed by atoms with van der Waals surface area (Å²) in [4.78, 5) is 0. The highest BCUT2D eigenvalue weighted by Gasteiger charge is 2.25. The van der Waals surface area contributed by atoms with Crippen LogP contribution in [0.2, 0.25) is 0 Å². The average Bonchev–Trinajstić information content (AvgIpc) is 2.95. The van der Waals surface area contributed by atoms with Crippen LogP contribution in [0.15, 0.2) is 0 Å². The molecule has 0 aromatic heterocycles. The fourth-order valence-electron chi connectivity index (χ4n) is 5.29. The molecule has 6 nitrogen and oxygen atoms in total. The summed E-state index contributed by atoms with van der Waals surface area (Å²) in [6, 6.07) is 0. The van der Waals surface area contributed by atoms with Gasteiger partial charge in [-0.1, -0.05) is 107 Å². The highest BCUT2D eigenvalue weighted by atomic mass is 32.3. The van der Waals surface area contributed by atoms with Crippen molar-refractivity contribution in [1.29, 1.82) is 0 Å². The van der Waals surface area contributed by atoms with Gasteiger partial charge < -0.3 is 18.1 Å². The van der Waals surface area contributed by atoms with Gasteiger partial charge in [0.1, 0.15) is 0 Å². The smallest absolute Gasteiger partial charge is 0.379 e. The Bertz CT molecular complexity index is 520. The molecule has 0 fully saturated rings. The molecule has 0 aliphatic carbocycles. The summed E-state index contributed by atoms with van der Waals surface area (Å²) in [5.74, 6) is 0. The zero-order chi connectivity index (χ0) is 34.0. The van der Waals surface area contributed by atoms with Crippen molar-refractivity contribution in [1.82, 2.24) is 0 Å². The van der Waals surface area contributed by atoms with Gasteiger partial charge in [-0.05, 0) is 51.4 Å². The highest BCUT2D eigenvalue weighted by Crippen LogP contribution is 2.17. The van der Waals surface area contributed by atoms with Gasteiger partial charge in [-0.15, -0.1) is 0 Å². The topological polar surface area (TPSA) is 80.3 Å². The fourth-order valence-corrected chi connectivity index (χ4v) is 5.29. The van der Waals surface area contributed by atoms with E-state index in [4.69, 9.17) is 17.5 Å². The molecule has 10 heteroatoms. The first kappa shape index (κ1) is 49.5. The number of alkyl halides is 3. The number of quaternary nitrogens is 2. The van der Waals surface area contributed by atoms with E-state index in [0.29, 0.717) is 0 Å². The minimum atomic E-state index is -5.17. The van der Waals surface area contributed by atoms with Crippen LogP contribution in [0.3, 0.4) is 0 Å². The third-order valence-electron chi connectivity index (χ3n) is 7.89. The van der Waals surface area contributed by atoms with Crippen molar-refractivity contribution in [3.63, 3.8) is 0 Å². The predicted octanol–water partition coefficient (Wildman–Crippen LogP) is 9.85. The molecule has 43 heavy (non-hydrogen) atoms. The van der Waals surface area contributed by atoms with Gasteiger partial charge in [-0.3, -0.25) is 8.42 Å². The number of rotatable bonds is 24. The Balaban J connectivity index is -0.000000276. The molecule has 0 rings (SSSR count). The Morgan fingerprint density at radius 3 is 0.581 bits per heavy atom. The Morgan fingerprint density at radius 1 is 0.419 bits per heavy atom.